The number of hydrogen-bond donors (Lipinski definition) is 0. The number of ketones is 1. The highest BCUT2D eigenvalue weighted by Crippen LogP contribution is 2.30. The van der Waals surface area contributed by atoms with Crippen LogP contribution >= 0.6 is 0 Å². The van der Waals surface area contributed by atoms with Gasteiger partial charge in [-0.2, -0.15) is 0 Å². The third kappa shape index (κ3) is 2.94. The summed E-state index contributed by atoms with van der Waals surface area (Å²) in [4.78, 5) is 26.0. The van der Waals surface area contributed by atoms with E-state index in [1.165, 1.54) is 0 Å². The van der Waals surface area contributed by atoms with Gasteiger partial charge in [0.2, 0.25) is 0 Å². The Morgan fingerprint density at radius 1 is 1.29 bits per heavy atom. The van der Waals surface area contributed by atoms with Gasteiger partial charge in [0, 0.05) is 25.4 Å². The number of piperidine rings is 1. The number of amides is 1. The molecule has 1 saturated heterocycles. The average molecular weight is 287 g/mol. The quantitative estimate of drug-likeness (QED) is 0.857. The summed E-state index contributed by atoms with van der Waals surface area (Å²) in [5.41, 5.74) is 1.09. The highest BCUT2D eigenvalue weighted by Gasteiger charge is 2.36. The number of ether oxygens (including phenoxy) is 1. The van der Waals surface area contributed by atoms with E-state index in [0.717, 1.165) is 37.1 Å². The third-order valence-corrected chi connectivity index (χ3v) is 4.36. The number of para-hydroxylation sites is 1. The van der Waals surface area contributed by atoms with E-state index in [1.807, 2.05) is 29.2 Å². The smallest absolute Gasteiger partial charge is 0.264 e. The maximum atomic E-state index is 12.8. The highest BCUT2D eigenvalue weighted by atomic mass is 16.5. The van der Waals surface area contributed by atoms with Gasteiger partial charge in [-0.15, -0.1) is 0 Å². The zero-order valence-electron chi connectivity index (χ0n) is 12.4. The third-order valence-electron chi connectivity index (χ3n) is 4.36. The van der Waals surface area contributed by atoms with Crippen molar-refractivity contribution in [1.82, 2.24) is 4.90 Å². The maximum absolute atomic E-state index is 12.8. The molecular formula is C17H21NO3. The lowest BCUT2D eigenvalue weighted by Crippen LogP contribution is -2.49. The molecule has 3 rings (SSSR count). The van der Waals surface area contributed by atoms with Gasteiger partial charge in [0.15, 0.2) is 6.10 Å². The summed E-state index contributed by atoms with van der Waals surface area (Å²) in [6, 6.07) is 7.85. The molecule has 21 heavy (non-hydrogen) atoms. The number of likely N-dealkylation sites (tertiary alicyclic amines) is 1. The fraction of sp³-hybridized carbons (Fsp3) is 0.529. The van der Waals surface area contributed by atoms with Crippen LogP contribution in [-0.4, -0.2) is 35.3 Å². The fourth-order valence-electron chi connectivity index (χ4n) is 3.34. The Morgan fingerprint density at radius 3 is 2.86 bits per heavy atom. The van der Waals surface area contributed by atoms with Crippen molar-refractivity contribution in [1.29, 1.82) is 0 Å². The molecule has 4 heteroatoms. The number of Topliss-reactive ketones (excluding diaryl/α,β-unsaturated/α-hetero) is 1. The number of rotatable bonds is 3. The fourth-order valence-corrected chi connectivity index (χ4v) is 3.34. The summed E-state index contributed by atoms with van der Waals surface area (Å²) in [5, 5.41) is 0. The molecule has 0 radical (unpaired) electrons. The minimum absolute atomic E-state index is 0.0390. The largest absolute Gasteiger partial charge is 0.480 e. The van der Waals surface area contributed by atoms with Crippen LogP contribution < -0.4 is 4.74 Å². The Bertz CT molecular complexity index is 530. The number of carbonyl (C=O) groups is 2. The topological polar surface area (TPSA) is 46.6 Å². The summed E-state index contributed by atoms with van der Waals surface area (Å²) in [5.74, 6) is 1.00. The van der Waals surface area contributed by atoms with Crippen molar-refractivity contribution >= 4 is 11.7 Å². The van der Waals surface area contributed by atoms with E-state index >= 15 is 0 Å². The molecule has 0 saturated carbocycles. The van der Waals surface area contributed by atoms with Gasteiger partial charge >= 0.3 is 0 Å². The monoisotopic (exact) mass is 287 g/mol. The lowest BCUT2D eigenvalue weighted by molar-refractivity contribution is -0.142. The summed E-state index contributed by atoms with van der Waals surface area (Å²) < 4.78 is 5.80. The van der Waals surface area contributed by atoms with E-state index < -0.39 is 6.10 Å². The Kier molecular flexibility index (Phi) is 3.95. The van der Waals surface area contributed by atoms with Crippen LogP contribution in [0.5, 0.6) is 5.75 Å². The summed E-state index contributed by atoms with van der Waals surface area (Å²) in [7, 11) is 0. The molecular weight excluding hydrogens is 266 g/mol. The lowest BCUT2D eigenvalue weighted by Gasteiger charge is -2.36. The summed E-state index contributed by atoms with van der Waals surface area (Å²) in [6.45, 7) is 2.34. The Hall–Kier alpha value is -1.84. The van der Waals surface area contributed by atoms with E-state index in [4.69, 9.17) is 4.74 Å². The van der Waals surface area contributed by atoms with Gasteiger partial charge in [-0.3, -0.25) is 9.59 Å². The molecule has 2 aliphatic rings. The van der Waals surface area contributed by atoms with Crippen LogP contribution in [0, 0.1) is 0 Å². The second kappa shape index (κ2) is 5.88. The molecule has 2 heterocycles. The number of fused-ring (bicyclic) bond motifs is 1. The van der Waals surface area contributed by atoms with Crippen LogP contribution in [-0.2, 0) is 16.0 Å². The number of benzene rings is 1. The molecule has 112 valence electrons. The van der Waals surface area contributed by atoms with Crippen molar-refractivity contribution < 1.29 is 14.3 Å². The molecule has 0 aromatic heterocycles. The average Bonchev–Trinajstić information content (AvgIpc) is 2.90. The van der Waals surface area contributed by atoms with Crippen LogP contribution in [0.4, 0.5) is 0 Å². The molecule has 0 N–H and O–H groups in total. The van der Waals surface area contributed by atoms with Crippen molar-refractivity contribution in [2.75, 3.05) is 6.54 Å². The molecule has 2 unspecified atom stereocenters. The summed E-state index contributed by atoms with van der Waals surface area (Å²) >= 11 is 0. The van der Waals surface area contributed by atoms with Gasteiger partial charge in [0.05, 0.1) is 0 Å². The molecule has 0 aliphatic carbocycles. The van der Waals surface area contributed by atoms with Gasteiger partial charge in [-0.05, 0) is 37.8 Å². The van der Waals surface area contributed by atoms with E-state index in [9.17, 15) is 9.59 Å². The Morgan fingerprint density at radius 2 is 2.10 bits per heavy atom. The molecule has 1 aromatic carbocycles. The first-order chi connectivity index (χ1) is 10.1. The minimum Gasteiger partial charge on any atom is -0.480 e. The van der Waals surface area contributed by atoms with Gasteiger partial charge in [-0.1, -0.05) is 18.2 Å². The number of carbonyl (C=O) groups excluding carboxylic acids is 2. The zero-order chi connectivity index (χ0) is 14.8. The van der Waals surface area contributed by atoms with Gasteiger partial charge in [-0.25, -0.2) is 0 Å². The molecule has 0 spiro atoms. The predicted molar refractivity (Wildman–Crippen MR) is 79.2 cm³/mol. The minimum atomic E-state index is -0.421. The molecule has 2 aliphatic heterocycles. The molecule has 0 bridgehead atoms. The Labute approximate surface area is 125 Å². The van der Waals surface area contributed by atoms with Crippen LogP contribution in [0.2, 0.25) is 0 Å². The second-order valence-corrected chi connectivity index (χ2v) is 6.01. The SMILES string of the molecule is CC(=O)CC1CCCCN1C(=O)C1Cc2ccccc2O1. The molecule has 1 aromatic rings. The van der Waals surface area contributed by atoms with Crippen LogP contribution in [0.25, 0.3) is 0 Å². The van der Waals surface area contributed by atoms with Crippen molar-refractivity contribution in [2.24, 2.45) is 0 Å². The first-order valence-electron chi connectivity index (χ1n) is 7.69. The first kappa shape index (κ1) is 14.1. The predicted octanol–water partition coefficient (Wildman–Crippen LogP) is 2.35. The van der Waals surface area contributed by atoms with E-state index in [0.29, 0.717) is 12.8 Å². The van der Waals surface area contributed by atoms with E-state index in [2.05, 4.69) is 0 Å². The number of hydrogen-bond acceptors (Lipinski definition) is 3. The van der Waals surface area contributed by atoms with E-state index in [1.54, 1.807) is 6.92 Å². The van der Waals surface area contributed by atoms with Gasteiger partial charge in [0.25, 0.3) is 5.91 Å². The number of nitrogens with zero attached hydrogens (tertiary/aromatic N) is 1. The molecule has 1 amide bonds. The molecule has 4 nitrogen and oxygen atoms in total. The van der Waals surface area contributed by atoms with Crippen molar-refractivity contribution in [3.8, 4) is 5.75 Å². The van der Waals surface area contributed by atoms with Gasteiger partial charge < -0.3 is 9.64 Å². The summed E-state index contributed by atoms with van der Waals surface area (Å²) in [6.07, 6.45) is 3.71. The standard InChI is InChI=1S/C17H21NO3/c1-12(19)10-14-7-4-5-9-18(14)17(20)16-11-13-6-2-3-8-15(13)21-16/h2-3,6,8,14,16H,4-5,7,9-11H2,1H3. The second-order valence-electron chi connectivity index (χ2n) is 6.01. The molecule has 2 atom stereocenters. The van der Waals surface area contributed by atoms with Crippen molar-refractivity contribution in [3.05, 3.63) is 29.8 Å². The van der Waals surface area contributed by atoms with Crippen LogP contribution in [0.3, 0.4) is 0 Å². The van der Waals surface area contributed by atoms with Crippen LogP contribution in [0.15, 0.2) is 24.3 Å². The zero-order valence-corrected chi connectivity index (χ0v) is 12.4. The normalized spacial score (nSPS) is 24.3. The maximum Gasteiger partial charge on any atom is 0.264 e. The van der Waals surface area contributed by atoms with Crippen molar-refractivity contribution in [2.45, 2.75) is 51.2 Å². The molecule has 1 fully saturated rings. The highest BCUT2D eigenvalue weighted by molar-refractivity contribution is 5.84. The van der Waals surface area contributed by atoms with E-state index in [-0.39, 0.29) is 17.7 Å². The van der Waals surface area contributed by atoms with Crippen LogP contribution in [0.1, 0.15) is 38.2 Å². The first-order valence-corrected chi connectivity index (χ1v) is 7.69. The van der Waals surface area contributed by atoms with Crippen molar-refractivity contribution in [3.63, 3.8) is 0 Å². The Balaban J connectivity index is 1.71. The lowest BCUT2D eigenvalue weighted by atomic mass is 9.96. The van der Waals surface area contributed by atoms with Gasteiger partial charge in [0.1, 0.15) is 11.5 Å².